The zero-order valence-corrected chi connectivity index (χ0v) is 20.0. The van der Waals surface area contributed by atoms with Gasteiger partial charge in [0.15, 0.2) is 23.4 Å². The number of carbonyl (C=O) groups excluding carboxylic acids is 2. The van der Waals surface area contributed by atoms with Gasteiger partial charge in [-0.1, -0.05) is 29.8 Å². The summed E-state index contributed by atoms with van der Waals surface area (Å²) in [4.78, 5) is 29.0. The van der Waals surface area contributed by atoms with E-state index < -0.39 is 17.1 Å². The highest BCUT2D eigenvalue weighted by Gasteiger charge is 2.73. The van der Waals surface area contributed by atoms with Crippen LogP contribution in [0.5, 0.6) is 11.5 Å². The molecular weight excluding hydrogens is 452 g/mol. The minimum Gasteiger partial charge on any atom is -0.493 e. The second-order valence-electron chi connectivity index (χ2n) is 9.86. The minimum atomic E-state index is -0.608. The van der Waals surface area contributed by atoms with Crippen LogP contribution in [0.25, 0.3) is 6.08 Å². The van der Waals surface area contributed by atoms with Gasteiger partial charge in [0.05, 0.1) is 18.1 Å². The summed E-state index contributed by atoms with van der Waals surface area (Å²) in [6, 6.07) is 11.5. The molecule has 2 aromatic rings. The van der Waals surface area contributed by atoms with E-state index in [1.165, 1.54) is 5.56 Å². The summed E-state index contributed by atoms with van der Waals surface area (Å²) in [6.45, 7) is 0.839. The Morgan fingerprint density at radius 3 is 2.79 bits per heavy atom. The Morgan fingerprint density at radius 1 is 1.24 bits per heavy atom. The largest absolute Gasteiger partial charge is 0.493 e. The van der Waals surface area contributed by atoms with Gasteiger partial charge in [0.2, 0.25) is 5.91 Å². The molecule has 1 amide bonds. The summed E-state index contributed by atoms with van der Waals surface area (Å²) in [7, 11) is 3.74. The number of carbonyl (C=O) groups is 2. The molecule has 1 spiro atoms. The molecule has 6 nitrogen and oxygen atoms in total. The van der Waals surface area contributed by atoms with E-state index in [1.54, 1.807) is 31.4 Å². The van der Waals surface area contributed by atoms with E-state index in [9.17, 15) is 9.59 Å². The number of hydrogen-bond acceptors (Lipinski definition) is 5. The number of amides is 1. The van der Waals surface area contributed by atoms with E-state index in [1.807, 2.05) is 18.2 Å². The lowest BCUT2D eigenvalue weighted by atomic mass is 9.47. The van der Waals surface area contributed by atoms with Gasteiger partial charge in [-0.05, 0) is 68.3 Å². The molecule has 0 unspecified atom stereocenters. The lowest BCUT2D eigenvalue weighted by Crippen LogP contribution is -2.81. The summed E-state index contributed by atoms with van der Waals surface area (Å²) < 4.78 is 12.0. The molecule has 1 saturated heterocycles. The third-order valence-electron chi connectivity index (χ3n) is 8.43. The molecule has 0 radical (unpaired) electrons. The molecule has 2 heterocycles. The van der Waals surface area contributed by atoms with Gasteiger partial charge in [0, 0.05) is 29.1 Å². The number of nitrogens with zero attached hydrogens (tertiary/aromatic N) is 1. The SMILES string of the molecule is COc1ccc2c3c1O[C@H]1C(=O)CC[C@@]4(NC(=O)/C=C/c5ccc(Cl)cc5)[C@@H](C2)N(C)CC[C@]314. The molecule has 4 aliphatic rings. The second-order valence-corrected chi connectivity index (χ2v) is 10.3. The lowest BCUT2D eigenvalue weighted by Gasteiger charge is -2.64. The van der Waals surface area contributed by atoms with Crippen LogP contribution in [0, 0.1) is 0 Å². The molecule has 2 bridgehead atoms. The standard InChI is InChI=1S/C27H27ClN2O4/c1-30-14-13-26-23-17-6-9-20(33-2)24(23)34-25(26)19(31)11-12-27(26,21(30)15-17)29-22(32)10-5-16-3-7-18(28)8-4-16/h3-10,21,25H,11-15H2,1-2H3,(H,29,32)/b10-5+/t21-,25+,26+,27-/m1/s1. The number of halogens is 1. The Morgan fingerprint density at radius 2 is 2.03 bits per heavy atom. The van der Waals surface area contributed by atoms with Gasteiger partial charge in [-0.3, -0.25) is 9.59 Å². The molecule has 2 aliphatic heterocycles. The number of rotatable bonds is 4. The van der Waals surface area contributed by atoms with Crippen molar-refractivity contribution in [1.82, 2.24) is 10.2 Å². The van der Waals surface area contributed by atoms with Crippen LogP contribution in [-0.2, 0) is 21.4 Å². The summed E-state index contributed by atoms with van der Waals surface area (Å²) >= 11 is 5.98. The molecule has 7 heteroatoms. The van der Waals surface area contributed by atoms with E-state index in [4.69, 9.17) is 21.1 Å². The highest BCUT2D eigenvalue weighted by Crippen LogP contribution is 2.64. The number of likely N-dealkylation sites (N-methyl/N-ethyl adjacent to an activating group) is 1. The van der Waals surface area contributed by atoms with Gasteiger partial charge in [-0.25, -0.2) is 0 Å². The van der Waals surface area contributed by atoms with Crippen molar-refractivity contribution in [3.8, 4) is 11.5 Å². The maximum Gasteiger partial charge on any atom is 0.244 e. The molecule has 1 saturated carbocycles. The van der Waals surface area contributed by atoms with Crippen molar-refractivity contribution in [3.05, 3.63) is 64.2 Å². The average molecular weight is 479 g/mol. The first kappa shape index (κ1) is 21.7. The van der Waals surface area contributed by atoms with Crippen molar-refractivity contribution < 1.29 is 19.1 Å². The summed E-state index contributed by atoms with van der Waals surface area (Å²) in [5.74, 6) is 1.27. The van der Waals surface area contributed by atoms with Crippen LogP contribution in [0.4, 0.5) is 0 Å². The number of benzene rings is 2. The number of ketones is 1. The summed E-state index contributed by atoms with van der Waals surface area (Å²) in [6.07, 6.45) is 5.26. The molecule has 2 fully saturated rings. The maximum atomic E-state index is 13.4. The van der Waals surface area contributed by atoms with E-state index in [0.717, 1.165) is 30.5 Å². The van der Waals surface area contributed by atoms with Crippen LogP contribution in [-0.4, -0.2) is 55.0 Å². The van der Waals surface area contributed by atoms with Gasteiger partial charge in [-0.2, -0.15) is 0 Å². The fourth-order valence-corrected chi connectivity index (χ4v) is 7.12. The molecular formula is C27H27ClN2O4. The number of piperidine rings is 1. The zero-order chi connectivity index (χ0) is 23.7. The third-order valence-corrected chi connectivity index (χ3v) is 8.68. The molecule has 0 aromatic heterocycles. The van der Waals surface area contributed by atoms with Crippen molar-refractivity contribution in [1.29, 1.82) is 0 Å². The Hall–Kier alpha value is -2.83. The van der Waals surface area contributed by atoms with Crippen LogP contribution in [0.1, 0.15) is 36.0 Å². The van der Waals surface area contributed by atoms with E-state index in [2.05, 4.69) is 23.3 Å². The van der Waals surface area contributed by atoms with Crippen molar-refractivity contribution >= 4 is 29.4 Å². The topological polar surface area (TPSA) is 67.9 Å². The molecule has 6 rings (SSSR count). The quantitative estimate of drug-likeness (QED) is 0.681. The van der Waals surface area contributed by atoms with Gasteiger partial charge in [-0.15, -0.1) is 0 Å². The van der Waals surface area contributed by atoms with Crippen LogP contribution < -0.4 is 14.8 Å². The molecule has 2 aliphatic carbocycles. The van der Waals surface area contributed by atoms with Crippen molar-refractivity contribution in [2.75, 3.05) is 20.7 Å². The second kappa shape index (κ2) is 7.59. The summed E-state index contributed by atoms with van der Waals surface area (Å²) in [5, 5.41) is 4.09. The fourth-order valence-electron chi connectivity index (χ4n) is 6.99. The highest BCUT2D eigenvalue weighted by molar-refractivity contribution is 6.30. The number of likely N-dealkylation sites (tertiary alicyclic amines) is 1. The highest BCUT2D eigenvalue weighted by atomic mass is 35.5. The lowest BCUT2D eigenvalue weighted by molar-refractivity contribution is -0.147. The van der Waals surface area contributed by atoms with Crippen molar-refractivity contribution in [2.24, 2.45) is 0 Å². The normalized spacial score (nSPS) is 31.2. The van der Waals surface area contributed by atoms with Crippen molar-refractivity contribution in [3.63, 3.8) is 0 Å². The minimum absolute atomic E-state index is 0.0696. The molecule has 4 atom stereocenters. The Labute approximate surface area is 203 Å². The van der Waals surface area contributed by atoms with Gasteiger partial charge < -0.3 is 19.7 Å². The number of nitrogens with one attached hydrogen (secondary N) is 1. The first-order valence-electron chi connectivity index (χ1n) is 11.8. The Kier molecular flexibility index (Phi) is 4.84. The van der Waals surface area contributed by atoms with Crippen LogP contribution in [0.15, 0.2) is 42.5 Å². The molecule has 176 valence electrons. The smallest absolute Gasteiger partial charge is 0.244 e. The van der Waals surface area contributed by atoms with Crippen LogP contribution >= 0.6 is 11.6 Å². The number of hydrogen-bond donors (Lipinski definition) is 1. The van der Waals surface area contributed by atoms with Gasteiger partial charge in [0.1, 0.15) is 0 Å². The average Bonchev–Trinajstić information content (AvgIpc) is 3.19. The van der Waals surface area contributed by atoms with E-state index >= 15 is 0 Å². The molecule has 1 N–H and O–H groups in total. The summed E-state index contributed by atoms with van der Waals surface area (Å²) in [5.41, 5.74) is 1.95. The van der Waals surface area contributed by atoms with Crippen LogP contribution in [0.3, 0.4) is 0 Å². The van der Waals surface area contributed by atoms with Gasteiger partial charge >= 0.3 is 0 Å². The van der Waals surface area contributed by atoms with E-state index in [-0.39, 0.29) is 17.7 Å². The maximum absolute atomic E-state index is 13.4. The number of Topliss-reactive ketones (excluding diaryl/α,β-unsaturated/α-hetero) is 1. The zero-order valence-electron chi connectivity index (χ0n) is 19.3. The Bertz CT molecular complexity index is 1230. The first-order chi connectivity index (χ1) is 16.4. The monoisotopic (exact) mass is 478 g/mol. The molecule has 2 aromatic carbocycles. The number of ether oxygens (including phenoxy) is 2. The number of methoxy groups -OCH3 is 1. The van der Waals surface area contributed by atoms with E-state index in [0.29, 0.717) is 29.4 Å². The van der Waals surface area contributed by atoms with Gasteiger partial charge in [0.25, 0.3) is 0 Å². The predicted molar refractivity (Wildman–Crippen MR) is 129 cm³/mol. The fraction of sp³-hybridized carbons (Fsp3) is 0.407. The molecule has 34 heavy (non-hydrogen) atoms. The predicted octanol–water partition coefficient (Wildman–Crippen LogP) is 3.54. The van der Waals surface area contributed by atoms with Crippen molar-refractivity contribution in [2.45, 2.75) is 48.8 Å². The first-order valence-corrected chi connectivity index (χ1v) is 12.1. The van der Waals surface area contributed by atoms with Crippen LogP contribution in [0.2, 0.25) is 5.02 Å². The Balaban J connectivity index is 1.46. The third kappa shape index (κ3) is 2.78.